The lowest BCUT2D eigenvalue weighted by Crippen LogP contribution is -2.19. The van der Waals surface area contributed by atoms with Gasteiger partial charge in [0.1, 0.15) is 5.69 Å². The van der Waals surface area contributed by atoms with E-state index in [9.17, 15) is 22.8 Å². The molecule has 0 saturated carbocycles. The number of primary amides is 1. The van der Waals surface area contributed by atoms with Crippen molar-refractivity contribution in [3.05, 3.63) is 87.3 Å². The number of fused-ring (bicyclic) bond motifs is 1. The maximum absolute atomic E-state index is 13.9. The molecule has 0 aliphatic rings. The summed E-state index contributed by atoms with van der Waals surface area (Å²) in [5.41, 5.74) is 4.38. The van der Waals surface area contributed by atoms with Crippen molar-refractivity contribution in [3.8, 4) is 6.07 Å². The number of nitrogens with one attached hydrogen (secondary N) is 1. The summed E-state index contributed by atoms with van der Waals surface area (Å²) in [5.74, 6) is -1.84. The molecule has 3 N–H and O–H groups in total. The van der Waals surface area contributed by atoms with Gasteiger partial charge in [-0.15, -0.1) is 0 Å². The van der Waals surface area contributed by atoms with Gasteiger partial charge in [-0.25, -0.2) is 4.98 Å². The van der Waals surface area contributed by atoms with E-state index < -0.39 is 29.4 Å². The molecular weight excluding hydrogens is 497 g/mol. The smallest absolute Gasteiger partial charge is 0.364 e. The van der Waals surface area contributed by atoms with Gasteiger partial charge in [-0.2, -0.15) is 23.5 Å². The van der Waals surface area contributed by atoms with Gasteiger partial charge in [0.25, 0.3) is 11.8 Å². The van der Waals surface area contributed by atoms with Gasteiger partial charge in [-0.3, -0.25) is 14.3 Å². The third-order valence-electron chi connectivity index (χ3n) is 5.40. The SMILES string of the molecule is Cc1c(NC(=O)c2cc(C(N)=O)nc3cc(Cl)ccc23)c(C(F)(F)F)nn1Cc1ccc(C#N)cc1. The van der Waals surface area contributed by atoms with Crippen molar-refractivity contribution in [3.63, 3.8) is 0 Å². The lowest BCUT2D eigenvalue weighted by Gasteiger charge is -2.12. The Balaban J connectivity index is 1.76. The highest BCUT2D eigenvalue weighted by atomic mass is 35.5. The maximum Gasteiger partial charge on any atom is 0.437 e. The molecule has 4 aromatic rings. The summed E-state index contributed by atoms with van der Waals surface area (Å²) in [6, 6.07) is 13.7. The molecule has 8 nitrogen and oxygen atoms in total. The van der Waals surface area contributed by atoms with Crippen LogP contribution in [-0.4, -0.2) is 26.6 Å². The first-order valence-corrected chi connectivity index (χ1v) is 10.7. The number of nitrogens with zero attached hydrogens (tertiary/aromatic N) is 4. The molecule has 182 valence electrons. The van der Waals surface area contributed by atoms with Crippen molar-refractivity contribution >= 4 is 40.0 Å². The number of rotatable bonds is 5. The Bertz CT molecular complexity index is 1560. The summed E-state index contributed by atoms with van der Waals surface area (Å²) in [5, 5.41) is 15.5. The Morgan fingerprint density at radius 2 is 1.86 bits per heavy atom. The molecule has 0 bridgehead atoms. The predicted molar refractivity (Wildman–Crippen MR) is 125 cm³/mol. The fraction of sp³-hybridized carbons (Fsp3) is 0.125. The maximum atomic E-state index is 13.9. The molecule has 2 aromatic heterocycles. The van der Waals surface area contributed by atoms with Gasteiger partial charge < -0.3 is 11.1 Å². The number of benzene rings is 2. The summed E-state index contributed by atoms with van der Waals surface area (Å²) < 4.78 is 42.7. The van der Waals surface area contributed by atoms with Crippen LogP contribution in [0.25, 0.3) is 10.9 Å². The second kappa shape index (κ2) is 9.31. The third kappa shape index (κ3) is 4.85. The Morgan fingerprint density at radius 1 is 1.17 bits per heavy atom. The quantitative estimate of drug-likeness (QED) is 0.401. The number of pyridine rings is 1. The monoisotopic (exact) mass is 512 g/mol. The highest BCUT2D eigenvalue weighted by molar-refractivity contribution is 6.31. The second-order valence-electron chi connectivity index (χ2n) is 7.81. The number of aromatic nitrogens is 3. The average molecular weight is 513 g/mol. The second-order valence-corrected chi connectivity index (χ2v) is 8.24. The molecule has 0 atom stereocenters. The first kappa shape index (κ1) is 24.7. The van der Waals surface area contributed by atoms with E-state index in [1.54, 1.807) is 24.3 Å². The zero-order chi connectivity index (χ0) is 26.2. The molecule has 36 heavy (non-hydrogen) atoms. The highest BCUT2D eigenvalue weighted by Crippen LogP contribution is 2.36. The van der Waals surface area contributed by atoms with Crippen molar-refractivity contribution in [1.29, 1.82) is 5.26 Å². The fourth-order valence-corrected chi connectivity index (χ4v) is 3.77. The Kier molecular flexibility index (Phi) is 6.39. The minimum Gasteiger partial charge on any atom is -0.364 e. The molecule has 0 unspecified atom stereocenters. The van der Waals surface area contributed by atoms with E-state index in [2.05, 4.69) is 15.4 Å². The van der Waals surface area contributed by atoms with Gasteiger partial charge in [-0.1, -0.05) is 29.8 Å². The van der Waals surface area contributed by atoms with Crippen LogP contribution in [0.15, 0.2) is 48.5 Å². The Morgan fingerprint density at radius 3 is 2.47 bits per heavy atom. The number of alkyl halides is 3. The number of amides is 2. The van der Waals surface area contributed by atoms with Crippen molar-refractivity contribution in [2.24, 2.45) is 5.73 Å². The van der Waals surface area contributed by atoms with Crippen LogP contribution in [0.4, 0.5) is 18.9 Å². The number of carbonyl (C=O) groups is 2. The van der Waals surface area contributed by atoms with Crippen LogP contribution in [0.3, 0.4) is 0 Å². The molecule has 0 aliphatic heterocycles. The van der Waals surface area contributed by atoms with Crippen LogP contribution in [0.2, 0.25) is 5.02 Å². The number of halogens is 4. The van der Waals surface area contributed by atoms with Crippen LogP contribution < -0.4 is 11.1 Å². The van der Waals surface area contributed by atoms with Crippen LogP contribution in [0.1, 0.15) is 43.4 Å². The minimum atomic E-state index is -4.87. The van der Waals surface area contributed by atoms with Crippen molar-refractivity contribution in [2.45, 2.75) is 19.6 Å². The minimum absolute atomic E-state index is 0.0288. The van der Waals surface area contributed by atoms with Crippen molar-refractivity contribution in [1.82, 2.24) is 14.8 Å². The number of anilines is 1. The molecule has 0 saturated heterocycles. The zero-order valence-corrected chi connectivity index (χ0v) is 19.3. The van der Waals surface area contributed by atoms with E-state index in [1.165, 1.54) is 25.1 Å². The summed E-state index contributed by atoms with van der Waals surface area (Å²) in [7, 11) is 0. The first-order chi connectivity index (χ1) is 17.0. The lowest BCUT2D eigenvalue weighted by atomic mass is 10.1. The number of hydrogen-bond acceptors (Lipinski definition) is 5. The zero-order valence-electron chi connectivity index (χ0n) is 18.5. The number of nitriles is 1. The van der Waals surface area contributed by atoms with Crippen LogP contribution in [0.5, 0.6) is 0 Å². The van der Waals surface area contributed by atoms with E-state index >= 15 is 0 Å². The molecule has 0 aliphatic carbocycles. The third-order valence-corrected chi connectivity index (χ3v) is 5.63. The Hall–Kier alpha value is -4.43. The molecular formula is C24H16ClF3N6O2. The van der Waals surface area contributed by atoms with Gasteiger partial charge in [-0.05, 0) is 42.8 Å². The summed E-state index contributed by atoms with van der Waals surface area (Å²) in [4.78, 5) is 29.0. The highest BCUT2D eigenvalue weighted by Gasteiger charge is 2.39. The first-order valence-electron chi connectivity index (χ1n) is 10.3. The van der Waals surface area contributed by atoms with Crippen molar-refractivity contribution < 1.29 is 22.8 Å². The van der Waals surface area contributed by atoms with Gasteiger partial charge in [0.15, 0.2) is 5.69 Å². The molecule has 2 aromatic carbocycles. The van der Waals surface area contributed by atoms with Crippen LogP contribution in [-0.2, 0) is 12.7 Å². The van der Waals surface area contributed by atoms with E-state index in [4.69, 9.17) is 22.6 Å². The summed E-state index contributed by atoms with van der Waals surface area (Å²) >= 11 is 5.98. The molecule has 0 radical (unpaired) electrons. The van der Waals surface area contributed by atoms with Gasteiger partial charge in [0.2, 0.25) is 0 Å². The molecule has 2 amide bonds. The summed E-state index contributed by atoms with van der Waals surface area (Å²) in [6.45, 7) is 1.36. The normalized spacial score (nSPS) is 11.3. The van der Waals surface area contributed by atoms with Crippen molar-refractivity contribution in [2.75, 3.05) is 5.32 Å². The number of nitrogens with two attached hydrogens (primary N) is 1. The van der Waals surface area contributed by atoms with Gasteiger partial charge in [0.05, 0.1) is 40.6 Å². The van der Waals surface area contributed by atoms with E-state index in [-0.39, 0.29) is 39.4 Å². The molecule has 0 fully saturated rings. The molecule has 12 heteroatoms. The van der Waals surface area contributed by atoms with E-state index in [0.717, 1.165) is 10.7 Å². The predicted octanol–water partition coefficient (Wildman–Crippen LogP) is 4.68. The topological polar surface area (TPSA) is 127 Å². The fourth-order valence-electron chi connectivity index (χ4n) is 3.60. The number of hydrogen-bond donors (Lipinski definition) is 2. The largest absolute Gasteiger partial charge is 0.437 e. The molecule has 4 rings (SSSR count). The van der Waals surface area contributed by atoms with Crippen LogP contribution >= 0.6 is 11.6 Å². The average Bonchev–Trinajstić information content (AvgIpc) is 3.13. The van der Waals surface area contributed by atoms with Gasteiger partial charge >= 0.3 is 6.18 Å². The standard InChI is InChI=1S/C24H16ClF3N6O2/c1-12-20(21(24(26,27)28)33-34(12)11-14-4-2-13(10-29)3-5-14)32-23(36)17-9-19(22(30)35)31-18-8-15(25)6-7-16(17)18/h2-9H,11H2,1H3,(H2,30,35)(H,32,36). The summed E-state index contributed by atoms with van der Waals surface area (Å²) in [6.07, 6.45) is -4.87. The van der Waals surface area contributed by atoms with Crippen LogP contribution in [0, 0.1) is 18.3 Å². The van der Waals surface area contributed by atoms with Gasteiger partial charge in [0, 0.05) is 10.4 Å². The molecule has 0 spiro atoms. The molecule has 2 heterocycles. The number of carbonyl (C=O) groups excluding carboxylic acids is 2. The van der Waals surface area contributed by atoms with E-state index in [1.807, 2.05) is 6.07 Å². The Labute approximate surface area is 207 Å². The van der Waals surface area contributed by atoms with E-state index in [0.29, 0.717) is 11.1 Å². The lowest BCUT2D eigenvalue weighted by molar-refractivity contribution is -0.140.